The van der Waals surface area contributed by atoms with E-state index < -0.39 is 0 Å². The number of nitrogens with zero attached hydrogens (tertiary/aromatic N) is 3. The third-order valence-corrected chi connectivity index (χ3v) is 3.10. The van der Waals surface area contributed by atoms with Gasteiger partial charge in [0, 0.05) is 6.54 Å². The molecule has 2 N–H and O–H groups in total. The van der Waals surface area contributed by atoms with E-state index in [1.165, 1.54) is 4.90 Å². The Kier molecular flexibility index (Phi) is 2.38. The van der Waals surface area contributed by atoms with Gasteiger partial charge in [-0.25, -0.2) is 9.78 Å². The lowest BCUT2D eigenvalue weighted by atomic mass is 10.1. The Hall–Kier alpha value is -2.55. The standard InChI is InChI=1S/C12H11N5O/c13-3-4-17-6-11(16-12(17)18)8-1-2-9-10(5-8)15-7-14-9/h1-2,5,7,11H,4,6H2,(H,14,15)(H,16,18). The first-order valence-corrected chi connectivity index (χ1v) is 5.63. The molecule has 0 saturated carbocycles. The van der Waals surface area contributed by atoms with Crippen molar-refractivity contribution >= 4 is 17.1 Å². The minimum absolute atomic E-state index is 0.0708. The third kappa shape index (κ3) is 1.66. The van der Waals surface area contributed by atoms with E-state index in [0.29, 0.717) is 6.54 Å². The number of rotatable bonds is 2. The number of aromatic amines is 1. The molecule has 0 bridgehead atoms. The average molecular weight is 241 g/mol. The number of imidazole rings is 1. The smallest absolute Gasteiger partial charge is 0.318 e. The van der Waals surface area contributed by atoms with Gasteiger partial charge in [0.1, 0.15) is 6.54 Å². The first-order chi connectivity index (χ1) is 8.78. The summed E-state index contributed by atoms with van der Waals surface area (Å²) >= 11 is 0. The van der Waals surface area contributed by atoms with Crippen molar-refractivity contribution in [2.75, 3.05) is 13.1 Å². The maximum absolute atomic E-state index is 11.6. The highest BCUT2D eigenvalue weighted by atomic mass is 16.2. The number of fused-ring (bicyclic) bond motifs is 1. The predicted octanol–water partition coefficient (Wildman–Crippen LogP) is 1.15. The molecule has 1 aromatic heterocycles. The molecule has 1 saturated heterocycles. The first kappa shape index (κ1) is 10.6. The predicted molar refractivity (Wildman–Crippen MR) is 64.6 cm³/mol. The Morgan fingerprint density at radius 2 is 2.44 bits per heavy atom. The van der Waals surface area contributed by atoms with Gasteiger partial charge in [-0.1, -0.05) is 6.07 Å². The first-order valence-electron chi connectivity index (χ1n) is 5.63. The maximum atomic E-state index is 11.6. The number of aromatic nitrogens is 2. The van der Waals surface area contributed by atoms with Crippen LogP contribution in [0.15, 0.2) is 24.5 Å². The molecule has 2 amide bonds. The van der Waals surface area contributed by atoms with Crippen LogP contribution in [0.1, 0.15) is 11.6 Å². The van der Waals surface area contributed by atoms with E-state index in [9.17, 15) is 4.79 Å². The molecule has 2 heterocycles. The van der Waals surface area contributed by atoms with Gasteiger partial charge in [-0.2, -0.15) is 5.26 Å². The fraction of sp³-hybridized carbons (Fsp3) is 0.250. The number of hydrogen-bond acceptors (Lipinski definition) is 3. The van der Waals surface area contributed by atoms with Crippen LogP contribution < -0.4 is 5.32 Å². The van der Waals surface area contributed by atoms with Crippen LogP contribution in [0.2, 0.25) is 0 Å². The Labute approximate surface area is 103 Å². The molecule has 3 rings (SSSR count). The minimum atomic E-state index is -0.189. The fourth-order valence-electron chi connectivity index (χ4n) is 2.17. The number of amides is 2. The van der Waals surface area contributed by atoms with E-state index in [2.05, 4.69) is 15.3 Å². The summed E-state index contributed by atoms with van der Waals surface area (Å²) < 4.78 is 0. The quantitative estimate of drug-likeness (QED) is 0.773. The molecule has 6 nitrogen and oxygen atoms in total. The van der Waals surface area contributed by atoms with Gasteiger partial charge in [0.05, 0.1) is 29.5 Å². The number of H-pyrrole nitrogens is 1. The van der Waals surface area contributed by atoms with E-state index in [0.717, 1.165) is 16.6 Å². The number of urea groups is 1. The summed E-state index contributed by atoms with van der Waals surface area (Å²) in [4.78, 5) is 20.3. The molecule has 0 spiro atoms. The second kappa shape index (κ2) is 4.04. The Morgan fingerprint density at radius 1 is 1.56 bits per heavy atom. The molecule has 1 fully saturated rings. The Morgan fingerprint density at radius 3 is 3.28 bits per heavy atom. The van der Waals surface area contributed by atoms with Crippen molar-refractivity contribution in [3.8, 4) is 6.07 Å². The molecule has 0 radical (unpaired) electrons. The summed E-state index contributed by atoms with van der Waals surface area (Å²) in [5.41, 5.74) is 2.86. The SMILES string of the molecule is N#CCN1CC(c2ccc3nc[nH]c3c2)NC1=O. The number of carbonyl (C=O) groups is 1. The van der Waals surface area contributed by atoms with Crippen LogP contribution in [-0.4, -0.2) is 34.0 Å². The summed E-state index contributed by atoms with van der Waals surface area (Å²) in [6.07, 6.45) is 1.64. The molecule has 1 atom stereocenters. The topological polar surface area (TPSA) is 84.8 Å². The van der Waals surface area contributed by atoms with E-state index in [1.54, 1.807) is 6.33 Å². The molecule has 90 valence electrons. The highest BCUT2D eigenvalue weighted by Crippen LogP contribution is 2.22. The lowest BCUT2D eigenvalue weighted by molar-refractivity contribution is 0.222. The highest BCUT2D eigenvalue weighted by molar-refractivity contribution is 5.79. The van der Waals surface area contributed by atoms with Crippen LogP contribution in [0.4, 0.5) is 4.79 Å². The number of nitrogens with one attached hydrogen (secondary N) is 2. The molecule has 1 aliphatic heterocycles. The Balaban J connectivity index is 1.87. The van der Waals surface area contributed by atoms with Crippen molar-refractivity contribution in [3.05, 3.63) is 30.1 Å². The fourth-order valence-corrected chi connectivity index (χ4v) is 2.17. The number of nitriles is 1. The van der Waals surface area contributed by atoms with E-state index in [4.69, 9.17) is 5.26 Å². The van der Waals surface area contributed by atoms with Gasteiger partial charge >= 0.3 is 6.03 Å². The molecular weight excluding hydrogens is 230 g/mol. The lowest BCUT2D eigenvalue weighted by Gasteiger charge is -2.10. The monoisotopic (exact) mass is 241 g/mol. The van der Waals surface area contributed by atoms with Crippen molar-refractivity contribution < 1.29 is 4.79 Å². The molecule has 1 unspecified atom stereocenters. The van der Waals surface area contributed by atoms with Crippen LogP contribution in [0.25, 0.3) is 11.0 Å². The van der Waals surface area contributed by atoms with Crippen LogP contribution >= 0.6 is 0 Å². The summed E-state index contributed by atoms with van der Waals surface area (Å²) in [5, 5.41) is 11.5. The van der Waals surface area contributed by atoms with E-state index >= 15 is 0 Å². The van der Waals surface area contributed by atoms with Crippen LogP contribution in [-0.2, 0) is 0 Å². The average Bonchev–Trinajstić information content (AvgIpc) is 2.96. The molecule has 0 aliphatic carbocycles. The van der Waals surface area contributed by atoms with Gasteiger partial charge in [0.25, 0.3) is 0 Å². The summed E-state index contributed by atoms with van der Waals surface area (Å²) in [5.74, 6) is 0. The molecule has 2 aromatic rings. The molecular formula is C12H11N5O. The number of carbonyl (C=O) groups excluding carboxylic acids is 1. The maximum Gasteiger partial charge on any atom is 0.318 e. The lowest BCUT2D eigenvalue weighted by Crippen LogP contribution is -2.28. The van der Waals surface area contributed by atoms with Gasteiger partial charge in [-0.15, -0.1) is 0 Å². The second-order valence-electron chi connectivity index (χ2n) is 4.22. The molecule has 1 aliphatic rings. The summed E-state index contributed by atoms with van der Waals surface area (Å²) in [6.45, 7) is 0.640. The van der Waals surface area contributed by atoms with Gasteiger partial charge in [0.15, 0.2) is 0 Å². The Bertz CT molecular complexity index is 641. The summed E-state index contributed by atoms with van der Waals surface area (Å²) in [6, 6.07) is 7.57. The molecule has 1 aromatic carbocycles. The zero-order valence-electron chi connectivity index (χ0n) is 9.55. The van der Waals surface area contributed by atoms with Gasteiger partial charge in [-0.05, 0) is 17.7 Å². The largest absolute Gasteiger partial charge is 0.345 e. The van der Waals surface area contributed by atoms with E-state index in [-0.39, 0.29) is 18.6 Å². The van der Waals surface area contributed by atoms with Gasteiger partial charge in [-0.3, -0.25) is 0 Å². The zero-order valence-corrected chi connectivity index (χ0v) is 9.55. The normalized spacial score (nSPS) is 18.9. The zero-order chi connectivity index (χ0) is 12.5. The van der Waals surface area contributed by atoms with Crippen LogP contribution in [0.5, 0.6) is 0 Å². The highest BCUT2D eigenvalue weighted by Gasteiger charge is 2.29. The molecule has 18 heavy (non-hydrogen) atoms. The number of hydrogen-bond donors (Lipinski definition) is 2. The summed E-state index contributed by atoms with van der Waals surface area (Å²) in [7, 11) is 0. The second-order valence-corrected chi connectivity index (χ2v) is 4.22. The van der Waals surface area contributed by atoms with Gasteiger partial charge < -0.3 is 15.2 Å². The van der Waals surface area contributed by atoms with Crippen molar-refractivity contribution in [1.82, 2.24) is 20.2 Å². The van der Waals surface area contributed by atoms with Crippen LogP contribution in [0.3, 0.4) is 0 Å². The van der Waals surface area contributed by atoms with Crippen molar-refractivity contribution in [2.24, 2.45) is 0 Å². The van der Waals surface area contributed by atoms with Gasteiger partial charge in [0.2, 0.25) is 0 Å². The minimum Gasteiger partial charge on any atom is -0.345 e. The number of benzene rings is 1. The molecule has 6 heteroatoms. The van der Waals surface area contributed by atoms with Crippen molar-refractivity contribution in [2.45, 2.75) is 6.04 Å². The van der Waals surface area contributed by atoms with Crippen molar-refractivity contribution in [3.63, 3.8) is 0 Å². The third-order valence-electron chi connectivity index (χ3n) is 3.10. The van der Waals surface area contributed by atoms with Crippen LogP contribution in [0, 0.1) is 11.3 Å². The van der Waals surface area contributed by atoms with E-state index in [1.807, 2.05) is 24.3 Å². The van der Waals surface area contributed by atoms with Crippen molar-refractivity contribution in [1.29, 1.82) is 5.26 Å².